The highest BCUT2D eigenvalue weighted by Crippen LogP contribution is 2.34. The molecule has 0 saturated heterocycles. The molecular formula is C14H20N4S. The third-order valence-corrected chi connectivity index (χ3v) is 4.72. The molecule has 2 aromatic rings. The first-order valence-electron chi connectivity index (χ1n) is 6.72. The van der Waals surface area contributed by atoms with E-state index in [4.69, 9.17) is 5.73 Å². The van der Waals surface area contributed by atoms with Crippen molar-refractivity contribution in [2.45, 2.75) is 39.8 Å². The van der Waals surface area contributed by atoms with Gasteiger partial charge in [0.15, 0.2) is 5.82 Å². The van der Waals surface area contributed by atoms with E-state index in [1.54, 1.807) is 0 Å². The van der Waals surface area contributed by atoms with Gasteiger partial charge in [0.05, 0.1) is 11.4 Å². The number of nitrogens with zero attached hydrogens (tertiary/aromatic N) is 3. The van der Waals surface area contributed by atoms with E-state index in [1.165, 1.54) is 10.4 Å². The summed E-state index contributed by atoms with van der Waals surface area (Å²) in [5.41, 5.74) is 9.44. The van der Waals surface area contributed by atoms with Gasteiger partial charge in [0.2, 0.25) is 0 Å². The highest BCUT2D eigenvalue weighted by atomic mass is 32.1. The smallest absolute Gasteiger partial charge is 0.151 e. The van der Waals surface area contributed by atoms with Crippen LogP contribution in [0.2, 0.25) is 0 Å². The van der Waals surface area contributed by atoms with Crippen LogP contribution >= 0.6 is 11.3 Å². The highest BCUT2D eigenvalue weighted by molar-refractivity contribution is 7.10. The average Bonchev–Trinajstić information content (AvgIpc) is 2.94. The van der Waals surface area contributed by atoms with Gasteiger partial charge in [-0.25, -0.2) is 4.68 Å². The van der Waals surface area contributed by atoms with Crippen LogP contribution in [0.5, 0.6) is 0 Å². The van der Waals surface area contributed by atoms with E-state index >= 15 is 0 Å². The number of hydrogen-bond donors (Lipinski definition) is 1. The number of anilines is 2. The van der Waals surface area contributed by atoms with Crippen LogP contribution in [0.1, 0.15) is 36.0 Å². The maximum atomic E-state index is 6.24. The summed E-state index contributed by atoms with van der Waals surface area (Å²) in [6.07, 6.45) is 1.11. The van der Waals surface area contributed by atoms with Crippen molar-refractivity contribution in [3.63, 3.8) is 0 Å². The van der Waals surface area contributed by atoms with Gasteiger partial charge < -0.3 is 10.6 Å². The summed E-state index contributed by atoms with van der Waals surface area (Å²) < 4.78 is 2.06. The molecule has 5 heteroatoms. The molecule has 102 valence electrons. The lowest BCUT2D eigenvalue weighted by atomic mass is 10.1. The number of rotatable bonds is 2. The minimum absolute atomic E-state index is 0.329. The predicted octanol–water partition coefficient (Wildman–Crippen LogP) is 2.98. The fourth-order valence-corrected chi connectivity index (χ4v) is 3.54. The molecule has 1 aliphatic rings. The molecule has 0 radical (unpaired) electrons. The zero-order valence-electron chi connectivity index (χ0n) is 11.7. The van der Waals surface area contributed by atoms with Crippen LogP contribution in [0.25, 0.3) is 0 Å². The van der Waals surface area contributed by atoms with Crippen molar-refractivity contribution in [2.24, 2.45) is 0 Å². The second kappa shape index (κ2) is 4.56. The van der Waals surface area contributed by atoms with Crippen molar-refractivity contribution in [1.29, 1.82) is 0 Å². The Morgan fingerprint density at radius 3 is 2.95 bits per heavy atom. The van der Waals surface area contributed by atoms with Crippen LogP contribution in [0.4, 0.5) is 11.5 Å². The fraction of sp³-hybridized carbons (Fsp3) is 0.500. The molecule has 0 atom stereocenters. The first-order valence-corrected chi connectivity index (χ1v) is 7.60. The summed E-state index contributed by atoms with van der Waals surface area (Å²) >= 11 is 1.86. The molecule has 0 bridgehead atoms. The van der Waals surface area contributed by atoms with Crippen LogP contribution in [0.3, 0.4) is 0 Å². The summed E-state index contributed by atoms with van der Waals surface area (Å²) in [4.78, 5) is 3.88. The van der Waals surface area contributed by atoms with Crippen LogP contribution in [-0.4, -0.2) is 16.3 Å². The zero-order chi connectivity index (χ0) is 13.6. The second-order valence-electron chi connectivity index (χ2n) is 5.40. The zero-order valence-corrected chi connectivity index (χ0v) is 12.5. The Hall–Kier alpha value is -1.49. The molecule has 3 heterocycles. The summed E-state index contributed by atoms with van der Waals surface area (Å²) in [5, 5.41) is 6.76. The van der Waals surface area contributed by atoms with Gasteiger partial charge in [0.1, 0.15) is 0 Å². The Morgan fingerprint density at radius 2 is 2.21 bits per heavy atom. The quantitative estimate of drug-likeness (QED) is 0.917. The van der Waals surface area contributed by atoms with Gasteiger partial charge >= 0.3 is 0 Å². The van der Waals surface area contributed by atoms with Crippen LogP contribution in [-0.2, 0) is 13.0 Å². The molecule has 3 rings (SSSR count). The first kappa shape index (κ1) is 12.5. The minimum Gasteiger partial charge on any atom is -0.394 e. The van der Waals surface area contributed by atoms with Crippen molar-refractivity contribution in [3.8, 4) is 0 Å². The maximum absolute atomic E-state index is 6.24. The van der Waals surface area contributed by atoms with Crippen molar-refractivity contribution in [3.05, 3.63) is 27.6 Å². The molecule has 4 nitrogen and oxygen atoms in total. The summed E-state index contributed by atoms with van der Waals surface area (Å²) in [5.74, 6) is 1.09. The number of thiophene rings is 1. The Balaban J connectivity index is 1.99. The monoisotopic (exact) mass is 276 g/mol. The molecule has 0 unspecified atom stereocenters. The Bertz CT molecular complexity index is 597. The van der Waals surface area contributed by atoms with Crippen LogP contribution in [0, 0.1) is 6.92 Å². The topological polar surface area (TPSA) is 47.1 Å². The SMILES string of the molecule is Cc1nn(C(C)C)c(N2CCc3sccc3C2)c1N. The maximum Gasteiger partial charge on any atom is 0.151 e. The molecule has 0 aliphatic carbocycles. The van der Waals surface area contributed by atoms with Gasteiger partial charge in [0.25, 0.3) is 0 Å². The molecule has 2 aromatic heterocycles. The first-order chi connectivity index (χ1) is 9.08. The van der Waals surface area contributed by atoms with Gasteiger partial charge in [-0.05, 0) is 44.2 Å². The molecule has 0 aromatic carbocycles. The largest absolute Gasteiger partial charge is 0.394 e. The van der Waals surface area contributed by atoms with Gasteiger partial charge in [-0.3, -0.25) is 0 Å². The molecule has 0 spiro atoms. The van der Waals surface area contributed by atoms with Gasteiger partial charge in [0, 0.05) is 24.0 Å². The van der Waals surface area contributed by atoms with Crippen molar-refractivity contribution in [2.75, 3.05) is 17.2 Å². The van der Waals surface area contributed by atoms with E-state index in [9.17, 15) is 0 Å². The molecule has 0 saturated carbocycles. The number of nitrogen functional groups attached to an aromatic ring is 1. The lowest BCUT2D eigenvalue weighted by molar-refractivity contribution is 0.518. The molecular weight excluding hydrogens is 256 g/mol. The second-order valence-corrected chi connectivity index (χ2v) is 6.40. The van der Waals surface area contributed by atoms with E-state index in [1.807, 2.05) is 18.3 Å². The van der Waals surface area contributed by atoms with Crippen molar-refractivity contribution in [1.82, 2.24) is 9.78 Å². The average molecular weight is 276 g/mol. The molecule has 19 heavy (non-hydrogen) atoms. The lowest BCUT2D eigenvalue weighted by Gasteiger charge is -2.30. The third kappa shape index (κ3) is 2.02. The Morgan fingerprint density at radius 1 is 1.42 bits per heavy atom. The molecule has 1 aliphatic heterocycles. The highest BCUT2D eigenvalue weighted by Gasteiger charge is 2.24. The summed E-state index contributed by atoms with van der Waals surface area (Å²) in [7, 11) is 0. The standard InChI is InChI=1S/C14H20N4S/c1-9(2)18-14(13(15)10(3)16-18)17-6-4-12-11(8-17)5-7-19-12/h5,7,9H,4,6,8,15H2,1-3H3. The van der Waals surface area contributed by atoms with E-state index < -0.39 is 0 Å². The Labute approximate surface area is 117 Å². The summed E-state index contributed by atoms with van der Waals surface area (Å²) in [6.45, 7) is 8.25. The fourth-order valence-electron chi connectivity index (χ4n) is 2.65. The molecule has 0 amide bonds. The number of aryl methyl sites for hydroxylation is 1. The van der Waals surface area contributed by atoms with Crippen molar-refractivity contribution < 1.29 is 0 Å². The van der Waals surface area contributed by atoms with Crippen LogP contribution < -0.4 is 10.6 Å². The van der Waals surface area contributed by atoms with Gasteiger partial charge in [-0.1, -0.05) is 0 Å². The van der Waals surface area contributed by atoms with E-state index in [-0.39, 0.29) is 0 Å². The predicted molar refractivity (Wildman–Crippen MR) is 80.8 cm³/mol. The van der Waals surface area contributed by atoms with Gasteiger partial charge in [-0.15, -0.1) is 11.3 Å². The van der Waals surface area contributed by atoms with Crippen molar-refractivity contribution >= 4 is 22.8 Å². The number of aromatic nitrogens is 2. The lowest BCUT2D eigenvalue weighted by Crippen LogP contribution is -2.32. The number of hydrogen-bond acceptors (Lipinski definition) is 4. The molecule has 2 N–H and O–H groups in total. The third-order valence-electron chi connectivity index (χ3n) is 3.70. The number of fused-ring (bicyclic) bond motifs is 1. The van der Waals surface area contributed by atoms with E-state index in [0.717, 1.165) is 36.7 Å². The van der Waals surface area contributed by atoms with E-state index in [0.29, 0.717) is 6.04 Å². The minimum atomic E-state index is 0.329. The molecule has 0 fully saturated rings. The summed E-state index contributed by atoms with van der Waals surface area (Å²) in [6, 6.07) is 2.56. The van der Waals surface area contributed by atoms with Gasteiger partial charge in [-0.2, -0.15) is 5.10 Å². The van der Waals surface area contributed by atoms with Crippen LogP contribution in [0.15, 0.2) is 11.4 Å². The number of nitrogens with two attached hydrogens (primary N) is 1. The Kier molecular flexibility index (Phi) is 3.01. The van der Waals surface area contributed by atoms with E-state index in [2.05, 4.69) is 40.0 Å². The normalized spacial score (nSPS) is 15.1.